The largest absolute Gasteiger partial charge is 0.451 e. The molecular weight excluding hydrogens is 402 g/mol. The van der Waals surface area contributed by atoms with Crippen LogP contribution in [0.15, 0.2) is 39.5 Å². The molecule has 0 saturated carbocycles. The highest BCUT2D eigenvalue weighted by Crippen LogP contribution is 2.21. The first-order chi connectivity index (χ1) is 13.5. The number of nitrogens with zero attached hydrogens (tertiary/aromatic N) is 5. The molecular formula is C18H14ClN5O3S. The number of hydrogen-bond acceptors (Lipinski definition) is 8. The van der Waals surface area contributed by atoms with Crippen molar-refractivity contribution in [2.24, 2.45) is 0 Å². The smallest absolute Gasteiger partial charge is 0.359 e. The molecule has 0 radical (unpaired) electrons. The molecule has 0 atom stereocenters. The van der Waals surface area contributed by atoms with E-state index < -0.39 is 5.97 Å². The minimum absolute atomic E-state index is 0.00991. The summed E-state index contributed by atoms with van der Waals surface area (Å²) in [5.41, 5.74) is 2.56. The molecule has 0 aliphatic heterocycles. The molecule has 0 spiro atoms. The van der Waals surface area contributed by atoms with E-state index in [1.807, 2.05) is 36.7 Å². The number of thiophene rings is 1. The maximum Gasteiger partial charge on any atom is 0.359 e. The van der Waals surface area contributed by atoms with Crippen molar-refractivity contribution in [1.82, 2.24) is 24.9 Å². The molecule has 0 aliphatic carbocycles. The van der Waals surface area contributed by atoms with Crippen molar-refractivity contribution >= 4 is 28.9 Å². The molecule has 0 bridgehead atoms. The average Bonchev–Trinajstić information content (AvgIpc) is 3.41. The number of hydrogen-bond donors (Lipinski definition) is 0. The summed E-state index contributed by atoms with van der Waals surface area (Å²) in [7, 11) is 0. The predicted molar refractivity (Wildman–Crippen MR) is 103 cm³/mol. The summed E-state index contributed by atoms with van der Waals surface area (Å²) in [4.78, 5) is 21.0. The van der Waals surface area contributed by atoms with Gasteiger partial charge in [-0.25, -0.2) is 14.5 Å². The fourth-order valence-corrected chi connectivity index (χ4v) is 3.39. The fraction of sp³-hybridized carbons (Fsp3) is 0.167. The summed E-state index contributed by atoms with van der Waals surface area (Å²) in [6.07, 6.45) is 0. The highest BCUT2D eigenvalue weighted by Gasteiger charge is 2.18. The van der Waals surface area contributed by atoms with Crippen LogP contribution in [0.3, 0.4) is 0 Å². The average molecular weight is 416 g/mol. The van der Waals surface area contributed by atoms with Crippen molar-refractivity contribution in [2.45, 2.75) is 20.5 Å². The standard InChI is InChI=1S/C18H14ClN5O3S/c1-10-7-11(2)24(22-10)14-4-3-13(19)16(20-14)18(25)26-8-15-21-17(23-27-15)12-5-6-28-9-12/h3-7,9H,8H2,1-2H3. The minimum atomic E-state index is -0.691. The number of ether oxygens (including phenoxy) is 1. The van der Waals surface area contributed by atoms with Crippen LogP contribution in [0, 0.1) is 13.8 Å². The molecule has 10 heteroatoms. The molecule has 4 aromatic heterocycles. The lowest BCUT2D eigenvalue weighted by molar-refractivity contribution is 0.0423. The van der Waals surface area contributed by atoms with E-state index in [1.165, 1.54) is 11.3 Å². The highest BCUT2D eigenvalue weighted by atomic mass is 35.5. The Bertz CT molecular complexity index is 1140. The van der Waals surface area contributed by atoms with Crippen LogP contribution >= 0.6 is 22.9 Å². The van der Waals surface area contributed by atoms with Gasteiger partial charge in [-0.1, -0.05) is 16.8 Å². The summed E-state index contributed by atoms with van der Waals surface area (Å²) in [6, 6.07) is 7.05. The topological polar surface area (TPSA) is 95.9 Å². The molecule has 8 nitrogen and oxygen atoms in total. The summed E-state index contributed by atoms with van der Waals surface area (Å²) in [6.45, 7) is 3.59. The van der Waals surface area contributed by atoms with Crippen LogP contribution in [-0.2, 0) is 11.3 Å². The van der Waals surface area contributed by atoms with E-state index in [4.69, 9.17) is 20.9 Å². The van der Waals surface area contributed by atoms with Crippen LogP contribution in [0.25, 0.3) is 17.2 Å². The van der Waals surface area contributed by atoms with Gasteiger partial charge in [-0.2, -0.15) is 21.4 Å². The molecule has 4 heterocycles. The van der Waals surface area contributed by atoms with E-state index in [0.29, 0.717) is 11.6 Å². The van der Waals surface area contributed by atoms with Crippen molar-refractivity contribution < 1.29 is 14.1 Å². The summed E-state index contributed by atoms with van der Waals surface area (Å²) >= 11 is 7.66. The summed E-state index contributed by atoms with van der Waals surface area (Å²) in [5.74, 6) is 0.401. The van der Waals surface area contributed by atoms with E-state index in [-0.39, 0.29) is 23.2 Å². The van der Waals surface area contributed by atoms with Gasteiger partial charge >= 0.3 is 5.97 Å². The van der Waals surface area contributed by atoms with Gasteiger partial charge in [0.15, 0.2) is 18.1 Å². The monoisotopic (exact) mass is 415 g/mol. The number of aromatic nitrogens is 5. The third-order valence-corrected chi connectivity index (χ3v) is 4.81. The molecule has 4 rings (SSSR count). The predicted octanol–water partition coefficient (Wildman–Crippen LogP) is 4.01. The molecule has 0 fully saturated rings. The van der Waals surface area contributed by atoms with Crippen LogP contribution in [0.2, 0.25) is 5.02 Å². The molecule has 0 aromatic carbocycles. The maximum atomic E-state index is 12.5. The van der Waals surface area contributed by atoms with Gasteiger partial charge in [-0.05, 0) is 43.5 Å². The number of rotatable bonds is 5. The number of pyridine rings is 1. The van der Waals surface area contributed by atoms with Gasteiger partial charge in [0.25, 0.3) is 5.89 Å². The Morgan fingerprint density at radius 1 is 1.29 bits per heavy atom. The third-order valence-electron chi connectivity index (χ3n) is 3.83. The Morgan fingerprint density at radius 3 is 2.86 bits per heavy atom. The lowest BCUT2D eigenvalue weighted by Gasteiger charge is -2.07. The lowest BCUT2D eigenvalue weighted by atomic mass is 10.3. The van der Waals surface area contributed by atoms with Crippen molar-refractivity contribution in [3.05, 3.63) is 63.0 Å². The number of halogens is 1. The Hall–Kier alpha value is -3.04. The molecule has 142 valence electrons. The Kier molecular flexibility index (Phi) is 4.93. The molecule has 0 saturated heterocycles. The van der Waals surface area contributed by atoms with Crippen molar-refractivity contribution in [3.63, 3.8) is 0 Å². The van der Waals surface area contributed by atoms with Gasteiger partial charge in [-0.3, -0.25) is 0 Å². The highest BCUT2D eigenvalue weighted by molar-refractivity contribution is 7.08. The molecule has 0 unspecified atom stereocenters. The van der Waals surface area contributed by atoms with Crippen molar-refractivity contribution in [2.75, 3.05) is 0 Å². The zero-order chi connectivity index (χ0) is 19.7. The van der Waals surface area contributed by atoms with E-state index >= 15 is 0 Å². The number of carbonyl (C=O) groups excluding carboxylic acids is 1. The first-order valence-corrected chi connectivity index (χ1v) is 9.56. The maximum absolute atomic E-state index is 12.5. The molecule has 0 aliphatic rings. The summed E-state index contributed by atoms with van der Waals surface area (Å²) < 4.78 is 12.0. The van der Waals surface area contributed by atoms with E-state index in [9.17, 15) is 4.79 Å². The van der Waals surface area contributed by atoms with E-state index in [1.54, 1.807) is 16.8 Å². The fourth-order valence-electron chi connectivity index (χ4n) is 2.57. The zero-order valence-electron chi connectivity index (χ0n) is 14.9. The van der Waals surface area contributed by atoms with Gasteiger partial charge in [0.2, 0.25) is 5.82 Å². The van der Waals surface area contributed by atoms with Crippen molar-refractivity contribution in [1.29, 1.82) is 0 Å². The van der Waals surface area contributed by atoms with Crippen LogP contribution in [0.4, 0.5) is 0 Å². The van der Waals surface area contributed by atoms with Crippen LogP contribution in [0.1, 0.15) is 27.8 Å². The molecule has 0 N–H and O–H groups in total. The molecule has 4 aromatic rings. The SMILES string of the molecule is Cc1cc(C)n(-c2ccc(Cl)c(C(=O)OCc3nc(-c4ccsc4)no3)n2)n1. The number of aryl methyl sites for hydroxylation is 2. The summed E-state index contributed by atoms with van der Waals surface area (Å²) in [5, 5.41) is 12.2. The van der Waals surface area contributed by atoms with Gasteiger partial charge in [-0.15, -0.1) is 0 Å². The van der Waals surface area contributed by atoms with Crippen LogP contribution in [-0.4, -0.2) is 30.9 Å². The Morgan fingerprint density at radius 2 is 2.14 bits per heavy atom. The van der Waals surface area contributed by atoms with Gasteiger partial charge in [0.05, 0.1) is 10.7 Å². The lowest BCUT2D eigenvalue weighted by Crippen LogP contribution is -2.11. The first-order valence-electron chi connectivity index (χ1n) is 8.24. The minimum Gasteiger partial charge on any atom is -0.451 e. The second kappa shape index (κ2) is 7.53. The third kappa shape index (κ3) is 3.67. The normalized spacial score (nSPS) is 11.0. The number of carbonyl (C=O) groups is 1. The second-order valence-corrected chi connectivity index (χ2v) is 7.13. The zero-order valence-corrected chi connectivity index (χ0v) is 16.5. The van der Waals surface area contributed by atoms with Crippen LogP contribution < -0.4 is 0 Å². The second-order valence-electron chi connectivity index (χ2n) is 5.94. The molecule has 28 heavy (non-hydrogen) atoms. The van der Waals surface area contributed by atoms with Crippen LogP contribution in [0.5, 0.6) is 0 Å². The van der Waals surface area contributed by atoms with Gasteiger partial charge in [0.1, 0.15) is 0 Å². The van der Waals surface area contributed by atoms with E-state index in [0.717, 1.165) is 17.0 Å². The van der Waals surface area contributed by atoms with Crippen molar-refractivity contribution in [3.8, 4) is 17.2 Å². The van der Waals surface area contributed by atoms with Gasteiger partial charge < -0.3 is 9.26 Å². The first kappa shape index (κ1) is 18.3. The number of esters is 1. The Labute approximate surface area is 168 Å². The Balaban J connectivity index is 1.50. The van der Waals surface area contributed by atoms with Gasteiger partial charge in [0, 0.05) is 16.6 Å². The van der Waals surface area contributed by atoms with E-state index in [2.05, 4.69) is 20.2 Å². The quantitative estimate of drug-likeness (QED) is 0.454. The molecule has 0 amide bonds.